The van der Waals surface area contributed by atoms with Gasteiger partial charge in [0.15, 0.2) is 3.95 Å². The Morgan fingerprint density at radius 3 is 2.93 bits per heavy atom. The van der Waals surface area contributed by atoms with Gasteiger partial charge in [0, 0.05) is 13.0 Å². The molecule has 5 heteroatoms. The summed E-state index contributed by atoms with van der Waals surface area (Å²) in [6.07, 6.45) is 2.22. The van der Waals surface area contributed by atoms with E-state index < -0.39 is 0 Å². The molecule has 0 aliphatic heterocycles. The van der Waals surface area contributed by atoms with Gasteiger partial charge in [-0.15, -0.1) is 11.3 Å². The SMILES string of the molecule is CCn1c(O)c(Cc2ccco2)sc1=S. The van der Waals surface area contributed by atoms with E-state index in [-0.39, 0.29) is 5.88 Å². The van der Waals surface area contributed by atoms with Gasteiger partial charge in [0.1, 0.15) is 5.76 Å². The maximum absolute atomic E-state index is 9.87. The largest absolute Gasteiger partial charge is 0.494 e. The minimum Gasteiger partial charge on any atom is -0.494 e. The number of nitrogens with zero attached hydrogens (tertiary/aromatic N) is 1. The third kappa shape index (κ3) is 1.98. The second-order valence-electron chi connectivity index (χ2n) is 3.12. The van der Waals surface area contributed by atoms with Crippen LogP contribution in [0, 0.1) is 3.95 Å². The summed E-state index contributed by atoms with van der Waals surface area (Å²) in [7, 11) is 0. The van der Waals surface area contributed by atoms with Crippen molar-refractivity contribution in [1.29, 1.82) is 0 Å². The van der Waals surface area contributed by atoms with E-state index in [2.05, 4.69) is 0 Å². The molecule has 2 aromatic heterocycles. The molecule has 0 bridgehead atoms. The van der Waals surface area contributed by atoms with Gasteiger partial charge in [-0.25, -0.2) is 0 Å². The normalized spacial score (nSPS) is 10.7. The molecule has 0 saturated carbocycles. The molecular weight excluding hydrogens is 230 g/mol. The zero-order chi connectivity index (χ0) is 10.8. The molecule has 0 spiro atoms. The van der Waals surface area contributed by atoms with Gasteiger partial charge in [-0.1, -0.05) is 0 Å². The lowest BCUT2D eigenvalue weighted by Crippen LogP contribution is -1.93. The highest BCUT2D eigenvalue weighted by Crippen LogP contribution is 2.28. The fourth-order valence-corrected chi connectivity index (χ4v) is 2.88. The molecule has 15 heavy (non-hydrogen) atoms. The van der Waals surface area contributed by atoms with Crippen LogP contribution in [-0.4, -0.2) is 9.67 Å². The minimum absolute atomic E-state index is 0.268. The predicted molar refractivity (Wildman–Crippen MR) is 62.0 cm³/mol. The van der Waals surface area contributed by atoms with Crippen LogP contribution >= 0.6 is 23.6 Å². The third-order valence-electron chi connectivity index (χ3n) is 2.17. The average Bonchev–Trinajstić information content (AvgIpc) is 2.78. The van der Waals surface area contributed by atoms with Crippen molar-refractivity contribution < 1.29 is 9.52 Å². The van der Waals surface area contributed by atoms with E-state index in [4.69, 9.17) is 16.6 Å². The van der Waals surface area contributed by atoms with Crippen LogP contribution in [-0.2, 0) is 13.0 Å². The molecular formula is C10H11NO2S2. The molecule has 0 aliphatic carbocycles. The minimum atomic E-state index is 0.268. The summed E-state index contributed by atoms with van der Waals surface area (Å²) in [5.41, 5.74) is 0. The fraction of sp³-hybridized carbons (Fsp3) is 0.300. The Morgan fingerprint density at radius 1 is 1.60 bits per heavy atom. The Hall–Kier alpha value is -1.07. The van der Waals surface area contributed by atoms with Gasteiger partial charge in [0.2, 0.25) is 5.88 Å². The van der Waals surface area contributed by atoms with Crippen molar-refractivity contribution >= 4 is 23.6 Å². The van der Waals surface area contributed by atoms with Crippen molar-refractivity contribution in [3.05, 3.63) is 33.0 Å². The zero-order valence-corrected chi connectivity index (χ0v) is 9.90. The zero-order valence-electron chi connectivity index (χ0n) is 8.27. The Morgan fingerprint density at radius 2 is 2.40 bits per heavy atom. The molecule has 0 unspecified atom stereocenters. The quantitative estimate of drug-likeness (QED) is 0.839. The van der Waals surface area contributed by atoms with Crippen LogP contribution in [0.25, 0.3) is 0 Å². The highest BCUT2D eigenvalue weighted by Gasteiger charge is 2.11. The molecule has 0 saturated heterocycles. The summed E-state index contributed by atoms with van der Waals surface area (Å²) >= 11 is 6.58. The van der Waals surface area contributed by atoms with Gasteiger partial charge >= 0.3 is 0 Å². The van der Waals surface area contributed by atoms with Crippen LogP contribution in [0.2, 0.25) is 0 Å². The summed E-state index contributed by atoms with van der Waals surface area (Å²) in [5.74, 6) is 1.11. The van der Waals surface area contributed by atoms with E-state index in [0.717, 1.165) is 10.6 Å². The maximum atomic E-state index is 9.87. The third-order valence-corrected chi connectivity index (χ3v) is 3.61. The van der Waals surface area contributed by atoms with Gasteiger partial charge in [-0.2, -0.15) is 0 Å². The van der Waals surface area contributed by atoms with Gasteiger partial charge in [0.05, 0.1) is 11.1 Å². The number of hydrogen-bond acceptors (Lipinski definition) is 4. The fourth-order valence-electron chi connectivity index (χ4n) is 1.41. The number of thiazole rings is 1. The number of aromatic hydroxyl groups is 1. The molecule has 2 heterocycles. The lowest BCUT2D eigenvalue weighted by Gasteiger charge is -1.99. The van der Waals surface area contributed by atoms with Crippen LogP contribution in [0.5, 0.6) is 5.88 Å². The van der Waals surface area contributed by atoms with E-state index in [1.165, 1.54) is 11.3 Å². The molecule has 3 nitrogen and oxygen atoms in total. The Labute approximate surface area is 96.6 Å². The molecule has 0 atom stereocenters. The van der Waals surface area contributed by atoms with E-state index in [0.29, 0.717) is 16.9 Å². The second kappa shape index (κ2) is 4.20. The van der Waals surface area contributed by atoms with Gasteiger partial charge in [-0.3, -0.25) is 4.57 Å². The Bertz CT molecular complexity index is 496. The number of furan rings is 1. The Balaban J connectivity index is 2.34. The molecule has 2 rings (SSSR count). The van der Waals surface area contributed by atoms with Gasteiger partial charge in [0.25, 0.3) is 0 Å². The predicted octanol–water partition coefficient (Wildman–Crippen LogP) is 3.19. The lowest BCUT2D eigenvalue weighted by molar-refractivity contribution is 0.413. The summed E-state index contributed by atoms with van der Waals surface area (Å²) in [6.45, 7) is 2.65. The summed E-state index contributed by atoms with van der Waals surface area (Å²) < 4.78 is 7.65. The van der Waals surface area contributed by atoms with E-state index >= 15 is 0 Å². The van der Waals surface area contributed by atoms with Crippen molar-refractivity contribution in [2.75, 3.05) is 0 Å². The summed E-state index contributed by atoms with van der Waals surface area (Å²) in [4.78, 5) is 0.858. The Kier molecular flexibility index (Phi) is 2.93. The van der Waals surface area contributed by atoms with Crippen LogP contribution < -0.4 is 0 Å². The highest BCUT2D eigenvalue weighted by atomic mass is 32.1. The molecule has 0 amide bonds. The van der Waals surface area contributed by atoms with Crippen molar-refractivity contribution in [2.24, 2.45) is 0 Å². The maximum Gasteiger partial charge on any atom is 0.206 e. The second-order valence-corrected chi connectivity index (χ2v) is 4.84. The molecule has 0 radical (unpaired) electrons. The first-order chi connectivity index (χ1) is 7.22. The van der Waals surface area contributed by atoms with E-state index in [1.807, 2.05) is 19.1 Å². The summed E-state index contributed by atoms with van der Waals surface area (Å²) in [5, 5.41) is 9.87. The monoisotopic (exact) mass is 241 g/mol. The lowest BCUT2D eigenvalue weighted by atomic mass is 10.3. The molecule has 80 valence electrons. The number of aromatic nitrogens is 1. The van der Waals surface area contributed by atoms with E-state index in [1.54, 1.807) is 10.8 Å². The first kappa shape index (κ1) is 10.4. The average molecular weight is 241 g/mol. The molecule has 2 aromatic rings. The first-order valence-electron chi connectivity index (χ1n) is 4.66. The topological polar surface area (TPSA) is 38.3 Å². The van der Waals surface area contributed by atoms with Crippen LogP contribution in [0.4, 0.5) is 0 Å². The van der Waals surface area contributed by atoms with Crippen molar-refractivity contribution in [1.82, 2.24) is 4.57 Å². The van der Waals surface area contributed by atoms with Crippen molar-refractivity contribution in [3.8, 4) is 5.88 Å². The van der Waals surface area contributed by atoms with Crippen molar-refractivity contribution in [2.45, 2.75) is 19.9 Å². The van der Waals surface area contributed by atoms with Gasteiger partial charge in [-0.05, 0) is 31.3 Å². The molecule has 0 aliphatic rings. The molecule has 1 N–H and O–H groups in total. The first-order valence-corrected chi connectivity index (χ1v) is 5.88. The van der Waals surface area contributed by atoms with E-state index in [9.17, 15) is 5.11 Å². The van der Waals surface area contributed by atoms with Gasteiger partial charge < -0.3 is 9.52 Å². The number of rotatable bonds is 3. The smallest absolute Gasteiger partial charge is 0.206 e. The molecule has 0 fully saturated rings. The van der Waals surface area contributed by atoms with Crippen LogP contribution in [0.15, 0.2) is 22.8 Å². The standard InChI is InChI=1S/C10H11NO2S2/c1-2-11-9(12)8(15-10(11)14)6-7-4-3-5-13-7/h3-5,12H,2,6H2,1H3. The summed E-state index contributed by atoms with van der Waals surface area (Å²) in [6, 6.07) is 3.72. The molecule has 0 aromatic carbocycles. The number of hydrogen-bond donors (Lipinski definition) is 1. The van der Waals surface area contributed by atoms with Crippen LogP contribution in [0.1, 0.15) is 17.6 Å². The highest BCUT2D eigenvalue weighted by molar-refractivity contribution is 7.73. The van der Waals surface area contributed by atoms with Crippen LogP contribution in [0.3, 0.4) is 0 Å². The van der Waals surface area contributed by atoms with Crippen molar-refractivity contribution in [3.63, 3.8) is 0 Å².